The van der Waals surface area contributed by atoms with Gasteiger partial charge in [-0.2, -0.15) is 0 Å². The first-order valence-electron chi connectivity index (χ1n) is 11.5. The van der Waals surface area contributed by atoms with Crippen LogP contribution in [-0.2, 0) is 11.2 Å². The molecule has 2 atom stereocenters. The van der Waals surface area contributed by atoms with Gasteiger partial charge in [0.15, 0.2) is 11.6 Å². The number of fused-ring (bicyclic) bond motifs is 1. The number of pyridine rings is 1. The van der Waals surface area contributed by atoms with Gasteiger partial charge in [-0.15, -0.1) is 0 Å². The lowest BCUT2D eigenvalue weighted by molar-refractivity contribution is -0.0224. The maximum atomic E-state index is 13.4. The number of anilines is 1. The fourth-order valence-corrected chi connectivity index (χ4v) is 4.25. The Morgan fingerprint density at radius 1 is 1.11 bits per heavy atom. The minimum Gasteiger partial charge on any atom is -0.394 e. The SMILES string of the molecule is O=C(Cc1ccc(C(=O)c2c[nH]c3ncnc(N[C@H]4CC[C@@H](CO)OC4)c23)cc1)c1cccnc1. The third-order valence-corrected chi connectivity index (χ3v) is 6.19. The number of nitrogens with zero attached hydrogens (tertiary/aromatic N) is 3. The molecule has 1 fully saturated rings. The van der Waals surface area contributed by atoms with Crippen molar-refractivity contribution in [2.45, 2.75) is 31.4 Å². The number of aliphatic hydroxyl groups excluding tert-OH is 1. The molecular formula is C26H25N5O4. The van der Waals surface area contributed by atoms with Gasteiger partial charge in [-0.05, 0) is 30.5 Å². The van der Waals surface area contributed by atoms with E-state index in [-0.39, 0.29) is 36.7 Å². The summed E-state index contributed by atoms with van der Waals surface area (Å²) in [5.41, 5.74) is 2.91. The molecule has 4 heterocycles. The van der Waals surface area contributed by atoms with Crippen molar-refractivity contribution in [3.8, 4) is 0 Å². The zero-order chi connectivity index (χ0) is 24.2. The molecule has 4 aromatic rings. The molecule has 0 saturated carbocycles. The number of hydrogen-bond donors (Lipinski definition) is 3. The van der Waals surface area contributed by atoms with E-state index in [4.69, 9.17) is 4.74 Å². The number of Topliss-reactive ketones (excluding diaryl/α,β-unsaturated/α-hetero) is 1. The Labute approximate surface area is 201 Å². The quantitative estimate of drug-likeness (QED) is 0.335. The summed E-state index contributed by atoms with van der Waals surface area (Å²) in [5, 5.41) is 13.3. The summed E-state index contributed by atoms with van der Waals surface area (Å²) in [6.45, 7) is 0.459. The average molecular weight is 472 g/mol. The number of carbonyl (C=O) groups is 2. The van der Waals surface area contributed by atoms with Crippen LogP contribution in [-0.4, -0.2) is 62.0 Å². The van der Waals surface area contributed by atoms with E-state index in [1.807, 2.05) is 0 Å². The molecule has 0 amide bonds. The number of aliphatic hydroxyl groups is 1. The monoisotopic (exact) mass is 471 g/mol. The number of ketones is 2. The second-order valence-corrected chi connectivity index (χ2v) is 8.57. The lowest BCUT2D eigenvalue weighted by Gasteiger charge is -2.29. The molecule has 0 bridgehead atoms. The second-order valence-electron chi connectivity index (χ2n) is 8.57. The van der Waals surface area contributed by atoms with Gasteiger partial charge in [-0.1, -0.05) is 24.3 Å². The molecule has 5 rings (SSSR count). The van der Waals surface area contributed by atoms with E-state index in [0.717, 1.165) is 18.4 Å². The molecule has 178 valence electrons. The first kappa shape index (κ1) is 22.8. The van der Waals surface area contributed by atoms with Crippen molar-refractivity contribution in [2.24, 2.45) is 0 Å². The van der Waals surface area contributed by atoms with Crippen molar-refractivity contribution in [1.82, 2.24) is 19.9 Å². The second kappa shape index (κ2) is 10.1. The first-order chi connectivity index (χ1) is 17.1. The highest BCUT2D eigenvalue weighted by atomic mass is 16.5. The van der Waals surface area contributed by atoms with Crippen LogP contribution in [0, 0.1) is 0 Å². The van der Waals surface area contributed by atoms with Gasteiger partial charge in [0.2, 0.25) is 0 Å². The predicted octanol–water partition coefficient (Wildman–Crippen LogP) is 2.96. The van der Waals surface area contributed by atoms with Crippen molar-refractivity contribution in [2.75, 3.05) is 18.5 Å². The molecule has 1 aliphatic rings. The van der Waals surface area contributed by atoms with Crippen LogP contribution >= 0.6 is 0 Å². The van der Waals surface area contributed by atoms with Gasteiger partial charge in [-0.3, -0.25) is 14.6 Å². The number of aromatic amines is 1. The minimum absolute atomic E-state index is 0.0113. The number of H-pyrrole nitrogens is 1. The zero-order valence-corrected chi connectivity index (χ0v) is 19.0. The fraction of sp³-hybridized carbons (Fsp3) is 0.269. The molecule has 0 unspecified atom stereocenters. The molecule has 0 radical (unpaired) electrons. The molecule has 1 saturated heterocycles. The number of hydrogen-bond acceptors (Lipinski definition) is 8. The Bertz CT molecular complexity index is 1330. The highest BCUT2D eigenvalue weighted by Crippen LogP contribution is 2.27. The molecule has 35 heavy (non-hydrogen) atoms. The zero-order valence-electron chi connectivity index (χ0n) is 19.0. The van der Waals surface area contributed by atoms with Crippen molar-refractivity contribution < 1.29 is 19.4 Å². The average Bonchev–Trinajstić information content (AvgIpc) is 3.35. The maximum Gasteiger partial charge on any atom is 0.195 e. The molecule has 3 N–H and O–H groups in total. The smallest absolute Gasteiger partial charge is 0.195 e. The Morgan fingerprint density at radius 3 is 2.69 bits per heavy atom. The summed E-state index contributed by atoms with van der Waals surface area (Å²) in [6, 6.07) is 10.5. The van der Waals surface area contributed by atoms with Gasteiger partial charge >= 0.3 is 0 Å². The van der Waals surface area contributed by atoms with E-state index in [2.05, 4.69) is 25.3 Å². The Morgan fingerprint density at radius 2 is 1.97 bits per heavy atom. The van der Waals surface area contributed by atoms with Crippen molar-refractivity contribution in [3.63, 3.8) is 0 Å². The molecular weight excluding hydrogens is 446 g/mol. The van der Waals surface area contributed by atoms with Crippen molar-refractivity contribution >= 4 is 28.4 Å². The lowest BCUT2D eigenvalue weighted by Crippen LogP contribution is -2.36. The molecule has 1 aromatic carbocycles. The van der Waals surface area contributed by atoms with Crippen LogP contribution in [0.1, 0.15) is 44.7 Å². The van der Waals surface area contributed by atoms with Crippen LogP contribution in [0.5, 0.6) is 0 Å². The van der Waals surface area contributed by atoms with Crippen LogP contribution in [0.2, 0.25) is 0 Å². The van der Waals surface area contributed by atoms with Crippen molar-refractivity contribution in [3.05, 3.63) is 83.6 Å². The summed E-state index contributed by atoms with van der Waals surface area (Å²) in [5.74, 6) is 0.368. The predicted molar refractivity (Wildman–Crippen MR) is 130 cm³/mol. The van der Waals surface area contributed by atoms with Gasteiger partial charge in [-0.25, -0.2) is 9.97 Å². The first-order valence-corrected chi connectivity index (χ1v) is 11.5. The van der Waals surface area contributed by atoms with Crippen LogP contribution in [0.15, 0.2) is 61.3 Å². The number of rotatable bonds is 8. The number of benzene rings is 1. The van der Waals surface area contributed by atoms with Gasteiger partial charge in [0.25, 0.3) is 0 Å². The summed E-state index contributed by atoms with van der Waals surface area (Å²) in [6.07, 6.45) is 7.94. The highest BCUT2D eigenvalue weighted by Gasteiger charge is 2.24. The van der Waals surface area contributed by atoms with Gasteiger partial charge in [0.1, 0.15) is 17.8 Å². The van der Waals surface area contributed by atoms with E-state index in [1.54, 1.807) is 55.0 Å². The number of aromatic nitrogens is 4. The minimum atomic E-state index is -0.167. The van der Waals surface area contributed by atoms with Gasteiger partial charge < -0.3 is 20.1 Å². The third kappa shape index (κ3) is 4.96. The van der Waals surface area contributed by atoms with Gasteiger partial charge in [0.05, 0.1) is 36.3 Å². The van der Waals surface area contributed by atoms with Gasteiger partial charge in [0, 0.05) is 36.1 Å². The Balaban J connectivity index is 1.34. The van der Waals surface area contributed by atoms with E-state index in [9.17, 15) is 14.7 Å². The Hall–Kier alpha value is -3.95. The standard InChI is InChI=1S/C26H25N5O4/c32-13-20-8-7-19(14-35-20)31-26-23-21(12-28-25(23)29-15-30-26)24(34)17-5-3-16(4-6-17)10-22(33)18-2-1-9-27-11-18/h1-6,9,11-12,15,19-20,32H,7-8,10,13-14H2,(H2,28,29,30,31)/t19-,20-/m0/s1. The number of carbonyl (C=O) groups excluding carboxylic acids is 2. The molecule has 0 aliphatic carbocycles. The fourth-order valence-electron chi connectivity index (χ4n) is 4.25. The molecule has 9 nitrogen and oxygen atoms in total. The normalized spacial score (nSPS) is 17.9. The summed E-state index contributed by atoms with van der Waals surface area (Å²) >= 11 is 0. The lowest BCUT2D eigenvalue weighted by atomic mass is 9.99. The Kier molecular flexibility index (Phi) is 6.60. The molecule has 1 aliphatic heterocycles. The van der Waals surface area contributed by atoms with Crippen LogP contribution < -0.4 is 5.32 Å². The molecule has 3 aromatic heterocycles. The third-order valence-electron chi connectivity index (χ3n) is 6.19. The van der Waals surface area contributed by atoms with Crippen LogP contribution in [0.3, 0.4) is 0 Å². The summed E-state index contributed by atoms with van der Waals surface area (Å²) < 4.78 is 5.66. The molecule has 0 spiro atoms. The van der Waals surface area contributed by atoms with Crippen LogP contribution in [0.4, 0.5) is 5.82 Å². The van der Waals surface area contributed by atoms with Crippen LogP contribution in [0.25, 0.3) is 11.0 Å². The topological polar surface area (TPSA) is 130 Å². The highest BCUT2D eigenvalue weighted by molar-refractivity contribution is 6.18. The summed E-state index contributed by atoms with van der Waals surface area (Å²) in [7, 11) is 0. The van der Waals surface area contributed by atoms with E-state index < -0.39 is 0 Å². The van der Waals surface area contributed by atoms with Crippen molar-refractivity contribution in [1.29, 1.82) is 0 Å². The largest absolute Gasteiger partial charge is 0.394 e. The number of nitrogens with one attached hydrogen (secondary N) is 2. The maximum absolute atomic E-state index is 13.4. The number of ether oxygens (including phenoxy) is 1. The summed E-state index contributed by atoms with van der Waals surface area (Å²) in [4.78, 5) is 41.5. The van der Waals surface area contributed by atoms with E-state index in [0.29, 0.717) is 40.1 Å². The molecule has 9 heteroatoms. The van der Waals surface area contributed by atoms with E-state index in [1.165, 1.54) is 6.33 Å². The van der Waals surface area contributed by atoms with E-state index >= 15 is 0 Å².